The number of nitrogens with zero attached hydrogens (tertiary/aromatic N) is 2. The molecule has 0 radical (unpaired) electrons. The molecule has 160 valence electrons. The number of nitro groups is 1. The fourth-order valence-corrected chi connectivity index (χ4v) is 4.21. The van der Waals surface area contributed by atoms with E-state index < -0.39 is 10.8 Å². The standard InChI is InChI=1S/C22H15N3O5S2/c26-20(12-14-6-2-1-3-7-14)23-24-21(27)19(32-22(24)31)13-15-10-11-18(30-15)16-8-4-5-9-17(16)25(28)29/h1-11,13H,12H2,(H,23,26)/b19-13+. The Kier molecular flexibility index (Phi) is 6.15. The molecule has 0 aliphatic carbocycles. The average Bonchev–Trinajstić information content (AvgIpc) is 3.35. The fraction of sp³-hybridized carbons (Fsp3) is 0.0455. The van der Waals surface area contributed by atoms with Crippen molar-refractivity contribution in [2.24, 2.45) is 0 Å². The molecule has 1 aromatic heterocycles. The van der Waals surface area contributed by atoms with Crippen LogP contribution >= 0.6 is 24.0 Å². The molecule has 0 spiro atoms. The molecule has 0 bridgehead atoms. The molecule has 4 rings (SSSR count). The summed E-state index contributed by atoms with van der Waals surface area (Å²) < 4.78 is 5.89. The smallest absolute Gasteiger partial charge is 0.285 e. The lowest BCUT2D eigenvalue weighted by molar-refractivity contribution is -0.384. The van der Waals surface area contributed by atoms with E-state index in [0.717, 1.165) is 22.3 Å². The number of hydrogen-bond acceptors (Lipinski definition) is 7. The number of hydrogen-bond donors (Lipinski definition) is 1. The number of thioether (sulfide) groups is 1. The van der Waals surface area contributed by atoms with E-state index in [1.807, 2.05) is 30.3 Å². The second kappa shape index (κ2) is 9.16. The van der Waals surface area contributed by atoms with E-state index in [1.165, 1.54) is 12.1 Å². The Bertz CT molecular complexity index is 1250. The van der Waals surface area contributed by atoms with Gasteiger partial charge in [0.15, 0.2) is 4.32 Å². The molecule has 0 saturated carbocycles. The Labute approximate surface area is 192 Å². The number of furan rings is 1. The summed E-state index contributed by atoms with van der Waals surface area (Å²) in [4.78, 5) is 36.1. The van der Waals surface area contributed by atoms with Crippen LogP contribution in [0.25, 0.3) is 17.4 Å². The number of para-hydroxylation sites is 1. The molecular weight excluding hydrogens is 450 g/mol. The molecule has 1 aliphatic rings. The van der Waals surface area contributed by atoms with Crippen LogP contribution in [0, 0.1) is 10.1 Å². The molecule has 1 fully saturated rings. The van der Waals surface area contributed by atoms with Gasteiger partial charge in [0.2, 0.25) is 5.91 Å². The van der Waals surface area contributed by atoms with Crippen molar-refractivity contribution in [3.63, 3.8) is 0 Å². The van der Waals surface area contributed by atoms with Gasteiger partial charge in [-0.2, -0.15) is 5.01 Å². The van der Waals surface area contributed by atoms with Crippen LogP contribution in [0.5, 0.6) is 0 Å². The minimum absolute atomic E-state index is 0.0825. The van der Waals surface area contributed by atoms with E-state index in [1.54, 1.807) is 30.3 Å². The van der Waals surface area contributed by atoms with Crippen molar-refractivity contribution in [2.75, 3.05) is 0 Å². The van der Waals surface area contributed by atoms with E-state index >= 15 is 0 Å². The predicted molar refractivity (Wildman–Crippen MR) is 124 cm³/mol. The summed E-state index contributed by atoms with van der Waals surface area (Å²) in [6.45, 7) is 0. The van der Waals surface area contributed by atoms with Crippen molar-refractivity contribution in [1.82, 2.24) is 10.4 Å². The molecule has 32 heavy (non-hydrogen) atoms. The van der Waals surface area contributed by atoms with Crippen molar-refractivity contribution in [3.8, 4) is 11.3 Å². The number of benzene rings is 2. The van der Waals surface area contributed by atoms with Crippen LogP contribution < -0.4 is 5.43 Å². The van der Waals surface area contributed by atoms with Gasteiger partial charge in [-0.3, -0.25) is 25.1 Å². The van der Waals surface area contributed by atoms with Crippen LogP contribution in [0.4, 0.5) is 5.69 Å². The molecule has 2 amide bonds. The van der Waals surface area contributed by atoms with Crippen LogP contribution in [0.2, 0.25) is 0 Å². The van der Waals surface area contributed by atoms with Gasteiger partial charge >= 0.3 is 0 Å². The SMILES string of the molecule is O=C(Cc1ccccc1)NN1C(=O)/C(=C\c2ccc(-c3ccccc3[N+](=O)[O-])o2)SC1=S. The highest BCUT2D eigenvalue weighted by molar-refractivity contribution is 8.26. The summed E-state index contributed by atoms with van der Waals surface area (Å²) in [5, 5.41) is 12.3. The predicted octanol–water partition coefficient (Wildman–Crippen LogP) is 4.33. The zero-order chi connectivity index (χ0) is 22.7. The summed E-state index contributed by atoms with van der Waals surface area (Å²) in [5.41, 5.74) is 3.59. The van der Waals surface area contributed by atoms with Crippen LogP contribution in [0.3, 0.4) is 0 Å². The van der Waals surface area contributed by atoms with Crippen molar-refractivity contribution < 1.29 is 18.9 Å². The first kappa shape index (κ1) is 21.5. The number of nitro benzene ring substituents is 1. The summed E-state index contributed by atoms with van der Waals surface area (Å²) in [5.74, 6) is -0.222. The third-order valence-corrected chi connectivity index (χ3v) is 5.81. The highest BCUT2D eigenvalue weighted by atomic mass is 32.2. The van der Waals surface area contributed by atoms with Gasteiger partial charge in [0.1, 0.15) is 11.5 Å². The maximum absolute atomic E-state index is 12.7. The minimum Gasteiger partial charge on any atom is -0.456 e. The van der Waals surface area contributed by atoms with Gasteiger partial charge in [-0.15, -0.1) is 0 Å². The molecule has 0 unspecified atom stereocenters. The molecule has 10 heteroatoms. The largest absolute Gasteiger partial charge is 0.456 e. The Morgan fingerprint density at radius 3 is 2.59 bits per heavy atom. The summed E-state index contributed by atoms with van der Waals surface area (Å²) in [6.07, 6.45) is 1.59. The summed E-state index contributed by atoms with van der Waals surface area (Å²) in [7, 11) is 0. The van der Waals surface area contributed by atoms with Gasteiger partial charge in [-0.1, -0.05) is 54.2 Å². The van der Waals surface area contributed by atoms with Crippen molar-refractivity contribution in [1.29, 1.82) is 0 Å². The van der Waals surface area contributed by atoms with Crippen molar-refractivity contribution >= 4 is 51.9 Å². The number of amides is 2. The maximum atomic E-state index is 12.7. The third kappa shape index (κ3) is 4.61. The van der Waals surface area contributed by atoms with Crippen molar-refractivity contribution in [2.45, 2.75) is 6.42 Å². The zero-order valence-electron chi connectivity index (χ0n) is 16.4. The molecule has 2 aromatic carbocycles. The van der Waals surface area contributed by atoms with Gasteiger partial charge < -0.3 is 4.42 Å². The van der Waals surface area contributed by atoms with E-state index in [0.29, 0.717) is 17.1 Å². The van der Waals surface area contributed by atoms with Gasteiger partial charge in [0, 0.05) is 12.1 Å². The van der Waals surface area contributed by atoms with E-state index in [-0.39, 0.29) is 27.2 Å². The van der Waals surface area contributed by atoms with Crippen molar-refractivity contribution in [3.05, 3.63) is 93.1 Å². The first-order valence-corrected chi connectivity index (χ1v) is 10.6. The van der Waals surface area contributed by atoms with Gasteiger partial charge in [-0.25, -0.2) is 0 Å². The summed E-state index contributed by atoms with van der Waals surface area (Å²) in [6, 6.07) is 18.6. The molecular formula is C22H15N3O5S2. The molecule has 0 atom stereocenters. The molecule has 2 heterocycles. The van der Waals surface area contributed by atoms with Crippen LogP contribution in [0.15, 0.2) is 76.1 Å². The number of rotatable bonds is 6. The number of nitrogens with one attached hydrogen (secondary N) is 1. The van der Waals surface area contributed by atoms with Gasteiger partial charge in [0.25, 0.3) is 11.6 Å². The quantitative estimate of drug-likeness (QED) is 0.250. The number of thiocarbonyl (C=S) groups is 1. The molecule has 3 aromatic rings. The molecule has 1 N–H and O–H groups in total. The number of carbonyl (C=O) groups is 2. The van der Waals surface area contributed by atoms with Gasteiger partial charge in [0.05, 0.1) is 21.8 Å². The Morgan fingerprint density at radius 2 is 1.84 bits per heavy atom. The lowest BCUT2D eigenvalue weighted by atomic mass is 10.1. The summed E-state index contributed by atoms with van der Waals surface area (Å²) >= 11 is 6.25. The van der Waals surface area contributed by atoms with E-state index in [4.69, 9.17) is 16.6 Å². The second-order valence-corrected chi connectivity index (χ2v) is 8.37. The number of carbonyl (C=O) groups excluding carboxylic acids is 2. The topological polar surface area (TPSA) is 106 Å². The van der Waals surface area contributed by atoms with Gasteiger partial charge in [-0.05, 0) is 36.0 Å². The Hall–Kier alpha value is -3.76. The van der Waals surface area contributed by atoms with Crippen LogP contribution in [-0.4, -0.2) is 26.1 Å². The Balaban J connectivity index is 1.49. The third-order valence-electron chi connectivity index (χ3n) is 4.50. The van der Waals surface area contributed by atoms with Crippen LogP contribution in [-0.2, 0) is 16.0 Å². The lowest BCUT2D eigenvalue weighted by Gasteiger charge is -2.15. The molecule has 1 aliphatic heterocycles. The lowest BCUT2D eigenvalue weighted by Crippen LogP contribution is -2.45. The van der Waals surface area contributed by atoms with Crippen LogP contribution in [0.1, 0.15) is 11.3 Å². The average molecular weight is 466 g/mol. The normalized spacial score (nSPS) is 14.8. The highest BCUT2D eigenvalue weighted by Gasteiger charge is 2.34. The Morgan fingerprint density at radius 1 is 1.12 bits per heavy atom. The second-order valence-electron chi connectivity index (χ2n) is 6.69. The van der Waals surface area contributed by atoms with E-state index in [9.17, 15) is 19.7 Å². The van der Waals surface area contributed by atoms with E-state index in [2.05, 4.69) is 5.43 Å². The zero-order valence-corrected chi connectivity index (χ0v) is 18.0. The number of hydrazine groups is 1. The molecule has 8 nitrogen and oxygen atoms in total. The fourth-order valence-electron chi connectivity index (χ4n) is 3.06. The highest BCUT2D eigenvalue weighted by Crippen LogP contribution is 2.34. The monoisotopic (exact) mass is 465 g/mol. The molecule has 1 saturated heterocycles. The minimum atomic E-state index is -0.485. The first-order chi connectivity index (χ1) is 15.4. The maximum Gasteiger partial charge on any atom is 0.285 e. The first-order valence-electron chi connectivity index (χ1n) is 9.37.